The maximum atomic E-state index is 8.90. The van der Waals surface area contributed by atoms with Crippen LogP contribution in [0.2, 0.25) is 0 Å². The molecule has 18 heavy (non-hydrogen) atoms. The van der Waals surface area contributed by atoms with Gasteiger partial charge in [0, 0.05) is 22.2 Å². The van der Waals surface area contributed by atoms with Gasteiger partial charge < -0.3 is 10.6 Å². The van der Waals surface area contributed by atoms with Crippen LogP contribution >= 0.6 is 15.9 Å². The second-order valence-corrected chi connectivity index (χ2v) is 5.59. The van der Waals surface area contributed by atoms with E-state index >= 15 is 0 Å². The molecule has 0 unspecified atom stereocenters. The molecular formula is C14H18BrN3. The Hall–Kier alpha value is -1.05. The first-order chi connectivity index (χ1) is 8.74. The Morgan fingerprint density at radius 3 is 2.61 bits per heavy atom. The average Bonchev–Trinajstić information content (AvgIpc) is 2.39. The molecule has 0 radical (unpaired) electrons. The summed E-state index contributed by atoms with van der Waals surface area (Å²) >= 11 is 3.43. The third-order valence-electron chi connectivity index (χ3n) is 3.58. The number of halogens is 1. The van der Waals surface area contributed by atoms with Gasteiger partial charge in [-0.3, -0.25) is 0 Å². The monoisotopic (exact) mass is 307 g/mol. The third-order valence-corrected chi connectivity index (χ3v) is 4.23. The summed E-state index contributed by atoms with van der Waals surface area (Å²) in [6.07, 6.45) is 5.02. The molecule has 1 aromatic carbocycles. The number of benzene rings is 1. The molecule has 0 aliphatic heterocycles. The summed E-state index contributed by atoms with van der Waals surface area (Å²) in [6, 6.07) is 8.98. The van der Waals surface area contributed by atoms with Crippen LogP contribution in [-0.2, 0) is 0 Å². The Labute approximate surface area is 117 Å². The van der Waals surface area contributed by atoms with E-state index in [0.29, 0.717) is 17.6 Å². The van der Waals surface area contributed by atoms with E-state index in [1.165, 1.54) is 25.7 Å². The molecule has 0 aromatic heterocycles. The molecule has 4 heteroatoms. The Bertz CT molecular complexity index is 453. The van der Waals surface area contributed by atoms with Crippen molar-refractivity contribution in [2.75, 3.05) is 12.4 Å². The first-order valence-corrected chi connectivity index (χ1v) is 7.17. The van der Waals surface area contributed by atoms with Crippen molar-refractivity contribution in [3.63, 3.8) is 0 Å². The summed E-state index contributed by atoms with van der Waals surface area (Å²) in [6.45, 7) is 0. The first-order valence-electron chi connectivity index (χ1n) is 6.38. The molecule has 2 atom stereocenters. The van der Waals surface area contributed by atoms with Gasteiger partial charge in [0.05, 0.1) is 5.56 Å². The predicted octanol–water partition coefficient (Wildman–Crippen LogP) is 3.26. The molecule has 1 saturated carbocycles. The Kier molecular flexibility index (Phi) is 4.62. The summed E-state index contributed by atoms with van der Waals surface area (Å²) in [4.78, 5) is 0. The minimum Gasteiger partial charge on any atom is -0.381 e. The van der Waals surface area contributed by atoms with Crippen molar-refractivity contribution in [1.29, 1.82) is 5.26 Å². The maximum absolute atomic E-state index is 8.90. The number of hydrogen-bond acceptors (Lipinski definition) is 3. The number of nitrogens with zero attached hydrogens (tertiary/aromatic N) is 1. The van der Waals surface area contributed by atoms with Crippen molar-refractivity contribution in [3.8, 4) is 6.07 Å². The van der Waals surface area contributed by atoms with Gasteiger partial charge >= 0.3 is 0 Å². The maximum Gasteiger partial charge on any atom is 0.100 e. The quantitative estimate of drug-likeness (QED) is 0.901. The number of hydrogen-bond donors (Lipinski definition) is 2. The molecule has 2 N–H and O–H groups in total. The van der Waals surface area contributed by atoms with Crippen LogP contribution in [0.25, 0.3) is 0 Å². The lowest BCUT2D eigenvalue weighted by atomic mass is 9.90. The highest BCUT2D eigenvalue weighted by Crippen LogP contribution is 2.25. The lowest BCUT2D eigenvalue weighted by molar-refractivity contribution is 0.361. The Balaban J connectivity index is 2.08. The highest BCUT2D eigenvalue weighted by molar-refractivity contribution is 9.10. The molecule has 0 saturated heterocycles. The van der Waals surface area contributed by atoms with Crippen molar-refractivity contribution in [2.24, 2.45) is 0 Å². The molecule has 0 spiro atoms. The lowest BCUT2D eigenvalue weighted by Crippen LogP contribution is -2.44. The summed E-state index contributed by atoms with van der Waals surface area (Å²) < 4.78 is 0.854. The lowest BCUT2D eigenvalue weighted by Gasteiger charge is -2.32. The Morgan fingerprint density at radius 2 is 2.00 bits per heavy atom. The Morgan fingerprint density at radius 1 is 1.28 bits per heavy atom. The summed E-state index contributed by atoms with van der Waals surface area (Å²) in [5, 5.41) is 15.9. The molecule has 1 fully saturated rings. The fourth-order valence-corrected chi connectivity index (χ4v) is 3.03. The van der Waals surface area contributed by atoms with Gasteiger partial charge in [0.25, 0.3) is 0 Å². The van der Waals surface area contributed by atoms with E-state index in [9.17, 15) is 0 Å². The van der Waals surface area contributed by atoms with Crippen LogP contribution in [0.5, 0.6) is 0 Å². The molecule has 1 aromatic rings. The van der Waals surface area contributed by atoms with Crippen LogP contribution in [0.4, 0.5) is 5.69 Å². The van der Waals surface area contributed by atoms with Crippen molar-refractivity contribution in [1.82, 2.24) is 5.32 Å². The largest absolute Gasteiger partial charge is 0.381 e. The number of rotatable bonds is 3. The van der Waals surface area contributed by atoms with E-state index < -0.39 is 0 Å². The van der Waals surface area contributed by atoms with Crippen LogP contribution in [0.15, 0.2) is 22.7 Å². The molecule has 1 aliphatic rings. The summed E-state index contributed by atoms with van der Waals surface area (Å²) in [7, 11) is 2.03. The first kappa shape index (κ1) is 13.4. The fraction of sp³-hybridized carbons (Fsp3) is 0.500. The van der Waals surface area contributed by atoms with Crippen LogP contribution in [-0.4, -0.2) is 19.1 Å². The van der Waals surface area contributed by atoms with Gasteiger partial charge in [0.15, 0.2) is 0 Å². The molecule has 3 nitrogen and oxygen atoms in total. The van der Waals surface area contributed by atoms with E-state index in [1.807, 2.05) is 25.2 Å². The standard InChI is InChI=1S/C14H18BrN3/c1-17-13-4-2-3-5-14(13)18-11-7-6-10(9-16)12(15)8-11/h6-8,13-14,17-18H,2-5H2,1H3/t13-,14+/m0/s1. The number of likely N-dealkylation sites (N-methyl/N-ethyl adjacent to an activating group) is 1. The molecule has 2 rings (SSSR count). The number of nitriles is 1. The van der Waals surface area contributed by atoms with Crippen LogP contribution in [0.1, 0.15) is 31.2 Å². The smallest absolute Gasteiger partial charge is 0.100 e. The van der Waals surface area contributed by atoms with Crippen molar-refractivity contribution in [2.45, 2.75) is 37.8 Å². The normalized spacial score (nSPS) is 23.4. The summed E-state index contributed by atoms with van der Waals surface area (Å²) in [5.41, 5.74) is 1.75. The van der Waals surface area contributed by atoms with E-state index in [0.717, 1.165) is 10.2 Å². The highest BCUT2D eigenvalue weighted by Gasteiger charge is 2.23. The molecule has 0 heterocycles. The predicted molar refractivity (Wildman–Crippen MR) is 77.6 cm³/mol. The van der Waals surface area contributed by atoms with Gasteiger partial charge in [0.1, 0.15) is 6.07 Å². The highest BCUT2D eigenvalue weighted by atomic mass is 79.9. The summed E-state index contributed by atoms with van der Waals surface area (Å²) in [5.74, 6) is 0. The zero-order valence-electron chi connectivity index (χ0n) is 10.5. The van der Waals surface area contributed by atoms with Crippen molar-refractivity contribution >= 4 is 21.6 Å². The van der Waals surface area contributed by atoms with Crippen molar-refractivity contribution < 1.29 is 0 Å². The van der Waals surface area contributed by atoms with Gasteiger partial charge in [-0.15, -0.1) is 0 Å². The van der Waals surface area contributed by atoms with Gasteiger partial charge in [-0.1, -0.05) is 12.8 Å². The minimum atomic E-state index is 0.476. The van der Waals surface area contributed by atoms with Gasteiger partial charge in [-0.2, -0.15) is 5.26 Å². The SMILES string of the molecule is CN[C@H]1CCCC[C@H]1Nc1ccc(C#N)c(Br)c1. The molecule has 0 bridgehead atoms. The zero-order chi connectivity index (χ0) is 13.0. The van der Waals surface area contributed by atoms with E-state index in [-0.39, 0.29) is 0 Å². The van der Waals surface area contributed by atoms with Gasteiger partial charge in [-0.25, -0.2) is 0 Å². The molecule has 0 amide bonds. The van der Waals surface area contributed by atoms with E-state index in [2.05, 4.69) is 32.6 Å². The average molecular weight is 308 g/mol. The van der Waals surface area contributed by atoms with E-state index in [1.54, 1.807) is 0 Å². The second-order valence-electron chi connectivity index (χ2n) is 4.74. The number of anilines is 1. The van der Waals surface area contributed by atoms with Crippen molar-refractivity contribution in [3.05, 3.63) is 28.2 Å². The molecule has 96 valence electrons. The molecule has 1 aliphatic carbocycles. The van der Waals surface area contributed by atoms with Gasteiger partial charge in [0.2, 0.25) is 0 Å². The topological polar surface area (TPSA) is 47.8 Å². The molecular weight excluding hydrogens is 290 g/mol. The second kappa shape index (κ2) is 6.21. The number of nitrogens with one attached hydrogen (secondary N) is 2. The third kappa shape index (κ3) is 3.04. The van der Waals surface area contributed by atoms with Crippen LogP contribution < -0.4 is 10.6 Å². The fourth-order valence-electron chi connectivity index (χ4n) is 2.56. The van der Waals surface area contributed by atoms with E-state index in [4.69, 9.17) is 5.26 Å². The van der Waals surface area contributed by atoms with Gasteiger partial charge in [-0.05, 0) is 54.0 Å². The zero-order valence-corrected chi connectivity index (χ0v) is 12.1. The van der Waals surface area contributed by atoms with Crippen LogP contribution in [0, 0.1) is 11.3 Å². The van der Waals surface area contributed by atoms with Crippen LogP contribution in [0.3, 0.4) is 0 Å². The minimum absolute atomic E-state index is 0.476.